The fourth-order valence-electron chi connectivity index (χ4n) is 2.26. The molecule has 0 atom stereocenters. The maximum atomic E-state index is 9.41. The lowest BCUT2D eigenvalue weighted by atomic mass is 10.2. The first-order valence-corrected chi connectivity index (χ1v) is 6.35. The van der Waals surface area contributed by atoms with Crippen LogP contribution in [-0.2, 0) is 13.2 Å². The zero-order valence-electron chi connectivity index (χ0n) is 10.4. The van der Waals surface area contributed by atoms with Crippen LogP contribution in [0.3, 0.4) is 0 Å². The summed E-state index contributed by atoms with van der Waals surface area (Å²) < 4.78 is 7.08. The number of nitrogens with zero attached hydrogens (tertiary/aromatic N) is 2. The van der Waals surface area contributed by atoms with Crippen LogP contribution in [0, 0.1) is 6.92 Å². The van der Waals surface area contributed by atoms with Crippen molar-refractivity contribution in [2.24, 2.45) is 0 Å². The van der Waals surface area contributed by atoms with Gasteiger partial charge in [0.25, 0.3) is 0 Å². The van der Waals surface area contributed by atoms with Gasteiger partial charge in [-0.3, -0.25) is 0 Å². The van der Waals surface area contributed by atoms with Gasteiger partial charge in [-0.05, 0) is 19.1 Å². The van der Waals surface area contributed by atoms with Gasteiger partial charge in [0.15, 0.2) is 0 Å². The second-order valence-electron chi connectivity index (χ2n) is 4.53. The van der Waals surface area contributed by atoms with E-state index in [9.17, 15) is 5.11 Å². The van der Waals surface area contributed by atoms with Crippen LogP contribution in [0.15, 0.2) is 35.0 Å². The molecule has 0 amide bonds. The molecule has 2 aromatic heterocycles. The third kappa shape index (κ3) is 2.25. The van der Waals surface area contributed by atoms with Gasteiger partial charge in [-0.2, -0.15) is 0 Å². The molecule has 0 aliphatic rings. The number of fused-ring (bicyclic) bond motifs is 1. The Hall–Kier alpha value is -1.78. The van der Waals surface area contributed by atoms with E-state index in [2.05, 4.69) is 5.16 Å². The molecule has 3 aromatic rings. The maximum absolute atomic E-state index is 9.41. The van der Waals surface area contributed by atoms with Crippen molar-refractivity contribution >= 4 is 22.5 Å². The molecule has 1 aromatic carbocycles. The lowest BCUT2D eigenvalue weighted by molar-refractivity contribution is 0.283. The quantitative estimate of drug-likeness (QED) is 0.799. The van der Waals surface area contributed by atoms with E-state index in [1.165, 1.54) is 0 Å². The fourth-order valence-corrected chi connectivity index (χ4v) is 2.43. The molecule has 98 valence electrons. The van der Waals surface area contributed by atoms with E-state index in [0.29, 0.717) is 11.6 Å². The van der Waals surface area contributed by atoms with Crippen molar-refractivity contribution in [2.75, 3.05) is 0 Å². The molecule has 19 heavy (non-hydrogen) atoms. The average Bonchev–Trinajstić information content (AvgIpc) is 2.94. The van der Waals surface area contributed by atoms with Gasteiger partial charge in [0.05, 0.1) is 18.7 Å². The summed E-state index contributed by atoms with van der Waals surface area (Å²) in [5.41, 5.74) is 2.71. The molecule has 0 aliphatic heterocycles. The largest absolute Gasteiger partial charge is 0.392 e. The van der Waals surface area contributed by atoms with Gasteiger partial charge in [-0.1, -0.05) is 22.8 Å². The van der Waals surface area contributed by atoms with Gasteiger partial charge in [0.2, 0.25) is 0 Å². The molecule has 1 N–H and O–H groups in total. The van der Waals surface area contributed by atoms with Crippen molar-refractivity contribution in [3.63, 3.8) is 0 Å². The van der Waals surface area contributed by atoms with Crippen LogP contribution in [0.5, 0.6) is 0 Å². The first kappa shape index (κ1) is 12.3. The smallest absolute Gasteiger partial charge is 0.133 e. The minimum absolute atomic E-state index is 0.00295. The number of benzene rings is 1. The van der Waals surface area contributed by atoms with E-state index in [1.54, 1.807) is 0 Å². The van der Waals surface area contributed by atoms with Crippen LogP contribution in [-0.4, -0.2) is 14.8 Å². The van der Waals surface area contributed by atoms with Crippen molar-refractivity contribution in [3.05, 3.63) is 52.5 Å². The number of aliphatic hydroxyl groups excluding tert-OH is 1. The van der Waals surface area contributed by atoms with Crippen molar-refractivity contribution < 1.29 is 9.63 Å². The molecule has 0 bridgehead atoms. The Bertz CT molecular complexity index is 730. The van der Waals surface area contributed by atoms with Crippen LogP contribution in [0.4, 0.5) is 0 Å². The summed E-state index contributed by atoms with van der Waals surface area (Å²) in [5.74, 6) is 0.784. The second kappa shape index (κ2) is 4.72. The van der Waals surface area contributed by atoms with Crippen LogP contribution < -0.4 is 0 Å². The lowest BCUT2D eigenvalue weighted by Gasteiger charge is -2.02. The van der Waals surface area contributed by atoms with Gasteiger partial charge in [0, 0.05) is 28.2 Å². The zero-order valence-corrected chi connectivity index (χ0v) is 11.2. The molecule has 0 unspecified atom stereocenters. The summed E-state index contributed by atoms with van der Waals surface area (Å²) in [6, 6.07) is 7.54. The molecule has 3 rings (SSSR count). The molecule has 0 spiro atoms. The Kier molecular flexibility index (Phi) is 3.05. The Morgan fingerprint density at radius 1 is 1.37 bits per heavy atom. The van der Waals surface area contributed by atoms with E-state index in [0.717, 1.165) is 27.9 Å². The molecule has 0 saturated carbocycles. The molecular formula is C14H13ClN2O2. The van der Waals surface area contributed by atoms with Crippen LogP contribution in [0.1, 0.15) is 17.0 Å². The predicted octanol–water partition coefficient (Wildman–Crippen LogP) is 3.13. The molecule has 2 heterocycles. The molecule has 0 aliphatic carbocycles. The third-order valence-electron chi connectivity index (χ3n) is 3.11. The Labute approximate surface area is 115 Å². The number of rotatable bonds is 3. The van der Waals surface area contributed by atoms with E-state index >= 15 is 0 Å². The summed E-state index contributed by atoms with van der Waals surface area (Å²) in [4.78, 5) is 0. The number of aromatic nitrogens is 2. The third-order valence-corrected chi connectivity index (χ3v) is 3.34. The topological polar surface area (TPSA) is 51.2 Å². The van der Waals surface area contributed by atoms with E-state index in [-0.39, 0.29) is 6.61 Å². The monoisotopic (exact) mass is 276 g/mol. The van der Waals surface area contributed by atoms with E-state index < -0.39 is 0 Å². The van der Waals surface area contributed by atoms with Crippen molar-refractivity contribution in [2.45, 2.75) is 20.1 Å². The van der Waals surface area contributed by atoms with Gasteiger partial charge in [-0.25, -0.2) is 0 Å². The zero-order chi connectivity index (χ0) is 13.4. The van der Waals surface area contributed by atoms with Crippen LogP contribution >= 0.6 is 11.6 Å². The van der Waals surface area contributed by atoms with Crippen molar-refractivity contribution in [1.82, 2.24) is 9.72 Å². The first-order valence-electron chi connectivity index (χ1n) is 5.97. The SMILES string of the molecule is Cc1cc(Cn2cc(CO)c3ccc(Cl)cc32)no1. The Morgan fingerprint density at radius 2 is 2.21 bits per heavy atom. The molecular weight excluding hydrogens is 264 g/mol. The number of hydrogen-bond acceptors (Lipinski definition) is 3. The normalized spacial score (nSPS) is 11.3. The average molecular weight is 277 g/mol. The van der Waals surface area contributed by atoms with Crippen molar-refractivity contribution in [3.8, 4) is 0 Å². The maximum Gasteiger partial charge on any atom is 0.133 e. The van der Waals surface area contributed by atoms with Gasteiger partial charge >= 0.3 is 0 Å². The van der Waals surface area contributed by atoms with Gasteiger partial charge in [0.1, 0.15) is 11.5 Å². The minimum atomic E-state index is 0.00295. The number of aryl methyl sites for hydroxylation is 1. The minimum Gasteiger partial charge on any atom is -0.392 e. The highest BCUT2D eigenvalue weighted by atomic mass is 35.5. The molecule has 4 nitrogen and oxygen atoms in total. The predicted molar refractivity (Wildman–Crippen MR) is 73.2 cm³/mol. The first-order chi connectivity index (χ1) is 9.17. The molecule has 0 fully saturated rings. The van der Waals surface area contributed by atoms with Crippen LogP contribution in [0.25, 0.3) is 10.9 Å². The highest BCUT2D eigenvalue weighted by molar-refractivity contribution is 6.31. The fraction of sp³-hybridized carbons (Fsp3) is 0.214. The summed E-state index contributed by atoms with van der Waals surface area (Å²) >= 11 is 6.04. The number of halogens is 1. The number of hydrogen-bond donors (Lipinski definition) is 1. The standard InChI is InChI=1S/C14H13ClN2O2/c1-9-4-12(16-19-9)7-17-6-10(8-18)13-3-2-11(15)5-14(13)17/h2-6,18H,7-8H2,1H3. The highest BCUT2D eigenvalue weighted by Gasteiger charge is 2.10. The van der Waals surface area contributed by atoms with E-state index in [1.807, 2.05) is 42.0 Å². The van der Waals surface area contributed by atoms with Gasteiger partial charge in [-0.15, -0.1) is 0 Å². The highest BCUT2D eigenvalue weighted by Crippen LogP contribution is 2.25. The van der Waals surface area contributed by atoms with E-state index in [4.69, 9.17) is 16.1 Å². The second-order valence-corrected chi connectivity index (χ2v) is 4.97. The lowest BCUT2D eigenvalue weighted by Crippen LogP contribution is -1.97. The summed E-state index contributed by atoms with van der Waals surface area (Å²) in [7, 11) is 0. The van der Waals surface area contributed by atoms with Crippen LogP contribution in [0.2, 0.25) is 5.02 Å². The Balaban J connectivity index is 2.09. The van der Waals surface area contributed by atoms with Gasteiger partial charge < -0.3 is 14.2 Å². The molecule has 0 radical (unpaired) electrons. The summed E-state index contributed by atoms with van der Waals surface area (Å²) in [5, 5.41) is 15.1. The molecule has 0 saturated heterocycles. The number of aliphatic hydroxyl groups is 1. The summed E-state index contributed by atoms with van der Waals surface area (Å²) in [6.45, 7) is 2.46. The Morgan fingerprint density at radius 3 is 2.89 bits per heavy atom. The summed E-state index contributed by atoms with van der Waals surface area (Å²) in [6.07, 6.45) is 1.92. The van der Waals surface area contributed by atoms with Crippen molar-refractivity contribution in [1.29, 1.82) is 0 Å². The molecule has 5 heteroatoms.